The van der Waals surface area contributed by atoms with Crippen molar-refractivity contribution in [2.24, 2.45) is 5.41 Å². The van der Waals surface area contributed by atoms with Gasteiger partial charge < -0.3 is 4.74 Å². The Balaban J connectivity index is 2.52. The van der Waals surface area contributed by atoms with Crippen LogP contribution in [-0.2, 0) is 16.0 Å². The molecule has 0 N–H and O–H groups in total. The van der Waals surface area contributed by atoms with Crippen molar-refractivity contribution in [2.45, 2.75) is 39.5 Å². The Hall–Kier alpha value is -2.60. The fourth-order valence-electron chi connectivity index (χ4n) is 3.35. The van der Waals surface area contributed by atoms with Crippen molar-refractivity contribution in [1.82, 2.24) is 0 Å². The lowest BCUT2D eigenvalue weighted by Crippen LogP contribution is -2.39. The molecule has 0 heterocycles. The molecule has 2 unspecified atom stereocenters. The molecule has 0 spiro atoms. The molecule has 25 heavy (non-hydrogen) atoms. The van der Waals surface area contributed by atoms with E-state index in [1.807, 2.05) is 68.4 Å². The average Bonchev–Trinajstić information content (AvgIpc) is 2.64. The summed E-state index contributed by atoms with van der Waals surface area (Å²) in [5.41, 5.74) is 1.88. The lowest BCUT2D eigenvalue weighted by Gasteiger charge is -2.33. The monoisotopic (exact) mass is 335 g/mol. The Morgan fingerprint density at radius 1 is 1.12 bits per heavy atom. The van der Waals surface area contributed by atoms with Gasteiger partial charge in [-0.15, -0.1) is 0 Å². The van der Waals surface area contributed by atoms with E-state index >= 15 is 0 Å². The smallest absolute Gasteiger partial charge is 0.327 e. The molecule has 2 aromatic carbocycles. The molecule has 0 fully saturated rings. The fourth-order valence-corrected chi connectivity index (χ4v) is 3.35. The Kier molecular flexibility index (Phi) is 6.36. The number of hydrogen-bond acceptors (Lipinski definition) is 3. The van der Waals surface area contributed by atoms with Gasteiger partial charge in [-0.25, -0.2) is 0 Å². The number of carbonyl (C=O) groups excluding carboxylic acids is 1. The van der Waals surface area contributed by atoms with Crippen molar-refractivity contribution in [2.75, 3.05) is 6.61 Å². The van der Waals surface area contributed by atoms with Crippen LogP contribution in [0.15, 0.2) is 54.6 Å². The van der Waals surface area contributed by atoms with E-state index in [1.165, 1.54) is 0 Å². The third kappa shape index (κ3) is 4.09. The van der Waals surface area contributed by atoms with Crippen molar-refractivity contribution in [1.29, 1.82) is 5.26 Å². The van der Waals surface area contributed by atoms with Gasteiger partial charge >= 0.3 is 5.97 Å². The van der Waals surface area contributed by atoms with Gasteiger partial charge in [0.05, 0.1) is 12.7 Å². The van der Waals surface area contributed by atoms with Gasteiger partial charge in [0.2, 0.25) is 0 Å². The number of ether oxygens (including phenoxy) is 1. The first-order valence-corrected chi connectivity index (χ1v) is 8.76. The van der Waals surface area contributed by atoms with Crippen LogP contribution in [0.5, 0.6) is 0 Å². The number of nitriles is 1. The molecule has 0 radical (unpaired) electrons. The normalized spacial score (nSPS) is 14.2. The summed E-state index contributed by atoms with van der Waals surface area (Å²) in [4.78, 5) is 12.9. The molecule has 0 saturated heterocycles. The van der Waals surface area contributed by atoms with Gasteiger partial charge in [0.1, 0.15) is 0 Å². The van der Waals surface area contributed by atoms with E-state index in [1.54, 1.807) is 6.92 Å². The summed E-state index contributed by atoms with van der Waals surface area (Å²) in [5.74, 6) is -0.661. The molecule has 0 aliphatic heterocycles. The summed E-state index contributed by atoms with van der Waals surface area (Å²) in [6.45, 7) is 6.08. The van der Waals surface area contributed by atoms with Gasteiger partial charge in [-0.2, -0.15) is 5.26 Å². The van der Waals surface area contributed by atoms with E-state index in [9.17, 15) is 10.1 Å². The number of benzene rings is 2. The highest BCUT2D eigenvalue weighted by molar-refractivity contribution is 5.82. The highest BCUT2D eigenvalue weighted by atomic mass is 16.5. The molecule has 2 rings (SSSR count). The van der Waals surface area contributed by atoms with Crippen LogP contribution < -0.4 is 0 Å². The van der Waals surface area contributed by atoms with Crippen LogP contribution in [0.25, 0.3) is 0 Å². The molecule has 2 atom stereocenters. The number of esters is 1. The Morgan fingerprint density at radius 2 is 1.76 bits per heavy atom. The topological polar surface area (TPSA) is 50.1 Å². The summed E-state index contributed by atoms with van der Waals surface area (Å²) in [7, 11) is 0. The third-order valence-corrected chi connectivity index (χ3v) is 4.65. The SMILES string of the molecule is CCOC(=O)C(C#N)(Cc1ccccc1)C(CC)c1ccc(C)cc1. The lowest BCUT2D eigenvalue weighted by atomic mass is 9.68. The van der Waals surface area contributed by atoms with Crippen molar-refractivity contribution in [3.63, 3.8) is 0 Å². The van der Waals surface area contributed by atoms with Crippen LogP contribution in [0, 0.1) is 23.7 Å². The molecular weight excluding hydrogens is 310 g/mol. The van der Waals surface area contributed by atoms with E-state index in [2.05, 4.69) is 6.07 Å². The first kappa shape index (κ1) is 18.7. The van der Waals surface area contributed by atoms with Gasteiger partial charge in [0.15, 0.2) is 5.41 Å². The second-order valence-electron chi connectivity index (χ2n) is 6.34. The predicted octanol–water partition coefficient (Wildman–Crippen LogP) is 4.80. The van der Waals surface area contributed by atoms with Crippen LogP contribution in [0.4, 0.5) is 0 Å². The molecule has 0 bridgehead atoms. The summed E-state index contributed by atoms with van der Waals surface area (Å²) in [5, 5.41) is 10.1. The summed E-state index contributed by atoms with van der Waals surface area (Å²) in [6, 6.07) is 20.1. The van der Waals surface area contributed by atoms with Gasteiger partial charge in [-0.05, 0) is 31.4 Å². The number of nitrogens with zero attached hydrogens (tertiary/aromatic N) is 1. The second kappa shape index (κ2) is 8.48. The van der Waals surface area contributed by atoms with Crippen LogP contribution in [0.2, 0.25) is 0 Å². The van der Waals surface area contributed by atoms with Crippen LogP contribution in [0.3, 0.4) is 0 Å². The number of aryl methyl sites for hydroxylation is 1. The largest absolute Gasteiger partial charge is 0.465 e. The predicted molar refractivity (Wildman–Crippen MR) is 99.0 cm³/mol. The average molecular weight is 335 g/mol. The van der Waals surface area contributed by atoms with Gasteiger partial charge in [-0.1, -0.05) is 67.1 Å². The Labute approximate surface area is 150 Å². The maximum atomic E-state index is 12.9. The summed E-state index contributed by atoms with van der Waals surface area (Å²) in [6.07, 6.45) is 1.03. The maximum Gasteiger partial charge on any atom is 0.327 e. The molecule has 2 aromatic rings. The fraction of sp³-hybridized carbons (Fsp3) is 0.364. The molecule has 0 aliphatic carbocycles. The molecule has 3 nitrogen and oxygen atoms in total. The minimum atomic E-state index is -1.23. The minimum absolute atomic E-state index is 0.225. The van der Waals surface area contributed by atoms with E-state index in [0.717, 1.165) is 16.7 Å². The van der Waals surface area contributed by atoms with Crippen LogP contribution >= 0.6 is 0 Å². The minimum Gasteiger partial charge on any atom is -0.465 e. The molecule has 0 aromatic heterocycles. The summed E-state index contributed by atoms with van der Waals surface area (Å²) >= 11 is 0. The Morgan fingerprint density at radius 3 is 2.28 bits per heavy atom. The second-order valence-corrected chi connectivity index (χ2v) is 6.34. The quantitative estimate of drug-likeness (QED) is 0.683. The maximum absolute atomic E-state index is 12.9. The zero-order chi connectivity index (χ0) is 18.3. The lowest BCUT2D eigenvalue weighted by molar-refractivity contribution is -0.153. The third-order valence-electron chi connectivity index (χ3n) is 4.65. The number of rotatable bonds is 7. The zero-order valence-corrected chi connectivity index (χ0v) is 15.2. The molecular formula is C22H25NO2. The highest BCUT2D eigenvalue weighted by Gasteiger charge is 2.47. The van der Waals surface area contributed by atoms with Gasteiger partial charge in [0.25, 0.3) is 0 Å². The number of carbonyl (C=O) groups is 1. The number of hydrogen-bond donors (Lipinski definition) is 0. The highest BCUT2D eigenvalue weighted by Crippen LogP contribution is 2.42. The van der Waals surface area contributed by atoms with Crippen molar-refractivity contribution in [3.8, 4) is 6.07 Å². The first-order chi connectivity index (χ1) is 12.1. The van der Waals surface area contributed by atoms with E-state index in [-0.39, 0.29) is 12.5 Å². The molecule has 3 heteroatoms. The first-order valence-electron chi connectivity index (χ1n) is 8.76. The molecule has 0 aliphatic rings. The van der Waals surface area contributed by atoms with Crippen molar-refractivity contribution >= 4 is 5.97 Å². The Bertz CT molecular complexity index is 731. The van der Waals surface area contributed by atoms with E-state index < -0.39 is 11.4 Å². The molecule has 130 valence electrons. The standard InChI is InChI=1S/C22H25NO2/c1-4-20(19-13-11-17(3)12-14-19)22(16-23,21(24)25-5-2)15-18-9-7-6-8-10-18/h6-14,20H,4-5,15H2,1-3H3. The van der Waals surface area contributed by atoms with E-state index in [0.29, 0.717) is 12.8 Å². The molecule has 0 amide bonds. The van der Waals surface area contributed by atoms with Crippen molar-refractivity contribution in [3.05, 3.63) is 71.3 Å². The molecule has 0 saturated carbocycles. The van der Waals surface area contributed by atoms with E-state index in [4.69, 9.17) is 4.74 Å². The zero-order valence-electron chi connectivity index (χ0n) is 15.2. The van der Waals surface area contributed by atoms with Crippen molar-refractivity contribution < 1.29 is 9.53 Å². The van der Waals surface area contributed by atoms with Gasteiger partial charge in [-0.3, -0.25) is 4.79 Å². The van der Waals surface area contributed by atoms with Crippen LogP contribution in [0.1, 0.15) is 42.9 Å². The van der Waals surface area contributed by atoms with Gasteiger partial charge in [0, 0.05) is 12.3 Å². The summed E-state index contributed by atoms with van der Waals surface area (Å²) < 4.78 is 5.34. The van der Waals surface area contributed by atoms with Crippen LogP contribution in [-0.4, -0.2) is 12.6 Å².